The van der Waals surface area contributed by atoms with Gasteiger partial charge in [0.25, 0.3) is 0 Å². The monoisotopic (exact) mass is 283 g/mol. The minimum atomic E-state index is -0.0775. The molecule has 2 atom stereocenters. The highest BCUT2D eigenvalue weighted by Crippen LogP contribution is 2.25. The van der Waals surface area contributed by atoms with Crippen LogP contribution in [-0.2, 0) is 11.2 Å². The van der Waals surface area contributed by atoms with E-state index in [0.29, 0.717) is 0 Å². The van der Waals surface area contributed by atoms with E-state index in [4.69, 9.17) is 10.5 Å². The van der Waals surface area contributed by atoms with Crippen molar-refractivity contribution in [2.24, 2.45) is 5.73 Å². The predicted octanol–water partition coefficient (Wildman–Crippen LogP) is 3.87. The van der Waals surface area contributed by atoms with Crippen LogP contribution in [0, 0.1) is 20.8 Å². The van der Waals surface area contributed by atoms with E-state index in [-0.39, 0.29) is 12.1 Å². The second-order valence-electron chi connectivity index (χ2n) is 5.81. The molecule has 2 nitrogen and oxygen atoms in total. The van der Waals surface area contributed by atoms with Crippen molar-refractivity contribution in [1.29, 1.82) is 0 Å². The number of hydrogen-bond donors (Lipinski definition) is 1. The summed E-state index contributed by atoms with van der Waals surface area (Å²) in [6.45, 7) is 6.45. The maximum atomic E-state index is 6.44. The number of rotatable bonds is 5. The molecule has 2 unspecified atom stereocenters. The van der Waals surface area contributed by atoms with Crippen molar-refractivity contribution >= 4 is 0 Å². The van der Waals surface area contributed by atoms with Crippen molar-refractivity contribution in [3.8, 4) is 0 Å². The van der Waals surface area contributed by atoms with Gasteiger partial charge in [-0.1, -0.05) is 48.0 Å². The summed E-state index contributed by atoms with van der Waals surface area (Å²) in [6.07, 6.45) is 0.747. The number of nitrogens with two attached hydrogens (primary N) is 1. The molecule has 0 radical (unpaired) electrons. The molecule has 2 heteroatoms. The first-order valence-corrected chi connectivity index (χ1v) is 7.43. The van der Waals surface area contributed by atoms with Gasteiger partial charge in [0.2, 0.25) is 0 Å². The third-order valence-electron chi connectivity index (χ3n) is 4.05. The predicted molar refractivity (Wildman–Crippen MR) is 88.5 cm³/mol. The molecule has 0 aliphatic carbocycles. The second-order valence-corrected chi connectivity index (χ2v) is 5.81. The SMILES string of the molecule is COC(c1ccccc1)C(N)Cc1c(C)cc(C)cc1C. The van der Waals surface area contributed by atoms with Crippen molar-refractivity contribution in [3.63, 3.8) is 0 Å². The molecule has 112 valence electrons. The van der Waals surface area contributed by atoms with E-state index in [2.05, 4.69) is 45.0 Å². The number of ether oxygens (including phenoxy) is 1. The van der Waals surface area contributed by atoms with Crippen molar-refractivity contribution in [2.45, 2.75) is 39.3 Å². The second kappa shape index (κ2) is 6.88. The maximum Gasteiger partial charge on any atom is 0.0975 e. The quantitative estimate of drug-likeness (QED) is 0.904. The zero-order valence-electron chi connectivity index (χ0n) is 13.4. The van der Waals surface area contributed by atoms with E-state index in [1.54, 1.807) is 7.11 Å². The molecule has 0 amide bonds. The Kier molecular flexibility index (Phi) is 5.16. The van der Waals surface area contributed by atoms with E-state index in [9.17, 15) is 0 Å². The summed E-state index contributed by atoms with van der Waals surface area (Å²) in [6, 6.07) is 14.6. The van der Waals surface area contributed by atoms with Gasteiger partial charge in [-0.05, 0) is 49.4 Å². The number of aryl methyl sites for hydroxylation is 3. The first kappa shape index (κ1) is 15.7. The Balaban J connectivity index is 2.23. The van der Waals surface area contributed by atoms with Crippen LogP contribution in [0.15, 0.2) is 42.5 Å². The van der Waals surface area contributed by atoms with Gasteiger partial charge in [0.05, 0.1) is 6.10 Å². The molecule has 21 heavy (non-hydrogen) atoms. The topological polar surface area (TPSA) is 35.2 Å². The van der Waals surface area contributed by atoms with Crippen LogP contribution in [0.5, 0.6) is 0 Å². The minimum absolute atomic E-state index is 0.0579. The highest BCUT2D eigenvalue weighted by Gasteiger charge is 2.21. The molecule has 0 heterocycles. The van der Waals surface area contributed by atoms with Gasteiger partial charge in [0, 0.05) is 13.2 Å². The highest BCUT2D eigenvalue weighted by atomic mass is 16.5. The van der Waals surface area contributed by atoms with Gasteiger partial charge in [-0.15, -0.1) is 0 Å². The molecule has 2 rings (SSSR count). The van der Waals surface area contributed by atoms with Crippen LogP contribution >= 0.6 is 0 Å². The highest BCUT2D eigenvalue weighted by molar-refractivity contribution is 5.38. The summed E-state index contributed by atoms with van der Waals surface area (Å²) in [5.41, 5.74) is 12.8. The van der Waals surface area contributed by atoms with Crippen molar-refractivity contribution < 1.29 is 4.74 Å². The Bertz CT molecular complexity index is 569. The molecule has 0 aromatic heterocycles. The lowest BCUT2D eigenvalue weighted by atomic mass is 9.91. The molecule has 0 bridgehead atoms. The Labute approximate surface area is 127 Å². The van der Waals surface area contributed by atoms with E-state index >= 15 is 0 Å². The number of methoxy groups -OCH3 is 1. The largest absolute Gasteiger partial charge is 0.375 e. The molecule has 2 aromatic carbocycles. The summed E-state index contributed by atoms with van der Waals surface area (Å²) < 4.78 is 5.65. The molecule has 0 saturated carbocycles. The molecule has 0 aliphatic heterocycles. The van der Waals surface area contributed by atoms with Gasteiger partial charge in [-0.25, -0.2) is 0 Å². The Hall–Kier alpha value is -1.64. The Morgan fingerprint density at radius 1 is 1.00 bits per heavy atom. The van der Waals surface area contributed by atoms with Gasteiger partial charge in [-0.3, -0.25) is 0 Å². The van der Waals surface area contributed by atoms with E-state index in [0.717, 1.165) is 12.0 Å². The van der Waals surface area contributed by atoms with Crippen LogP contribution in [-0.4, -0.2) is 13.2 Å². The fraction of sp³-hybridized carbons (Fsp3) is 0.368. The summed E-state index contributed by atoms with van der Waals surface area (Å²) in [7, 11) is 1.73. The molecular weight excluding hydrogens is 258 g/mol. The first-order chi connectivity index (χ1) is 10.0. The normalized spacial score (nSPS) is 14.0. The molecule has 0 spiro atoms. The standard InChI is InChI=1S/C19H25NO/c1-13-10-14(2)17(15(3)11-13)12-18(20)19(21-4)16-8-6-5-7-9-16/h5-11,18-19H,12,20H2,1-4H3. The Morgan fingerprint density at radius 2 is 1.57 bits per heavy atom. The van der Waals surface area contributed by atoms with Crippen LogP contribution in [0.1, 0.15) is 33.9 Å². The van der Waals surface area contributed by atoms with Gasteiger partial charge < -0.3 is 10.5 Å². The summed E-state index contributed by atoms with van der Waals surface area (Å²) in [5.74, 6) is 0. The molecule has 0 aliphatic rings. The third-order valence-corrected chi connectivity index (χ3v) is 4.05. The Morgan fingerprint density at radius 3 is 2.10 bits per heavy atom. The lowest BCUT2D eigenvalue weighted by Gasteiger charge is -2.24. The number of hydrogen-bond acceptors (Lipinski definition) is 2. The van der Waals surface area contributed by atoms with Gasteiger partial charge >= 0.3 is 0 Å². The van der Waals surface area contributed by atoms with Crippen molar-refractivity contribution in [2.75, 3.05) is 7.11 Å². The zero-order valence-corrected chi connectivity index (χ0v) is 13.4. The smallest absolute Gasteiger partial charge is 0.0975 e. The van der Waals surface area contributed by atoms with Gasteiger partial charge in [0.15, 0.2) is 0 Å². The van der Waals surface area contributed by atoms with Crippen LogP contribution in [0.3, 0.4) is 0 Å². The molecule has 0 fully saturated rings. The molecular formula is C19H25NO. The first-order valence-electron chi connectivity index (χ1n) is 7.43. The maximum absolute atomic E-state index is 6.44. The van der Waals surface area contributed by atoms with Crippen LogP contribution in [0.25, 0.3) is 0 Å². The lowest BCUT2D eigenvalue weighted by molar-refractivity contribution is 0.0802. The van der Waals surface area contributed by atoms with E-state index in [1.165, 1.54) is 22.3 Å². The third kappa shape index (κ3) is 3.72. The summed E-state index contributed by atoms with van der Waals surface area (Å²) in [4.78, 5) is 0. The van der Waals surface area contributed by atoms with Crippen molar-refractivity contribution in [1.82, 2.24) is 0 Å². The fourth-order valence-corrected chi connectivity index (χ4v) is 3.08. The van der Waals surface area contributed by atoms with E-state index < -0.39 is 0 Å². The zero-order chi connectivity index (χ0) is 15.4. The van der Waals surface area contributed by atoms with Crippen LogP contribution in [0.2, 0.25) is 0 Å². The summed E-state index contributed by atoms with van der Waals surface area (Å²) >= 11 is 0. The molecule has 0 saturated heterocycles. The average Bonchev–Trinajstić information content (AvgIpc) is 2.45. The summed E-state index contributed by atoms with van der Waals surface area (Å²) in [5, 5.41) is 0. The average molecular weight is 283 g/mol. The van der Waals surface area contributed by atoms with E-state index in [1.807, 2.05) is 18.2 Å². The number of benzene rings is 2. The minimum Gasteiger partial charge on any atom is -0.375 e. The molecule has 2 aromatic rings. The van der Waals surface area contributed by atoms with Crippen LogP contribution in [0.4, 0.5) is 0 Å². The van der Waals surface area contributed by atoms with Crippen molar-refractivity contribution in [3.05, 3.63) is 70.3 Å². The lowest BCUT2D eigenvalue weighted by Crippen LogP contribution is -2.32. The molecule has 2 N–H and O–H groups in total. The fourth-order valence-electron chi connectivity index (χ4n) is 3.08. The van der Waals surface area contributed by atoms with Gasteiger partial charge in [-0.2, -0.15) is 0 Å². The van der Waals surface area contributed by atoms with Gasteiger partial charge in [0.1, 0.15) is 0 Å². The van der Waals surface area contributed by atoms with Crippen LogP contribution < -0.4 is 5.73 Å².